The Balaban J connectivity index is 1.66. The van der Waals surface area contributed by atoms with E-state index in [0.717, 1.165) is 12.7 Å². The SMILES string of the molecule is CO[C@H]1[C@H](O)CC(=O)O[C@H](C)C/C=C/C=C\C(O[C@H]2CC[C@H](N(C)C)[C@@H](C)O2)[C@H](C)CC(CC=O)[C@@H]1O[C@@H]1O[C@H](C)[C@@H](O[C@H]2C[C@@](C)(O)[C@@H](O)[C@H](C)O2)[C@H](N(C)C)[C@H]1O. The Morgan fingerprint density at radius 2 is 1.56 bits per heavy atom. The first-order valence-electron chi connectivity index (χ1n) is 21.3. The Morgan fingerprint density at radius 1 is 0.864 bits per heavy atom. The van der Waals surface area contributed by atoms with Crippen LogP contribution in [0.25, 0.3) is 0 Å². The monoisotopic (exact) mass is 843 g/mol. The van der Waals surface area contributed by atoms with Gasteiger partial charge in [0.2, 0.25) is 0 Å². The number of ether oxygens (including phenoxy) is 8. The molecule has 0 aromatic rings. The van der Waals surface area contributed by atoms with Gasteiger partial charge < -0.3 is 72.9 Å². The zero-order chi connectivity index (χ0) is 43.8. The lowest BCUT2D eigenvalue weighted by atomic mass is 9.82. The van der Waals surface area contributed by atoms with Crippen molar-refractivity contribution in [2.24, 2.45) is 11.8 Å². The summed E-state index contributed by atoms with van der Waals surface area (Å²) in [6, 6.07) is -0.466. The van der Waals surface area contributed by atoms with Gasteiger partial charge in [0, 0.05) is 32.4 Å². The molecule has 19 atom stereocenters. The second-order valence-corrected chi connectivity index (χ2v) is 17.8. The number of aliphatic hydroxyl groups is 4. The summed E-state index contributed by atoms with van der Waals surface area (Å²) in [7, 11) is 9.03. The molecule has 2 unspecified atom stereocenters. The molecule has 0 aromatic carbocycles. The van der Waals surface area contributed by atoms with Gasteiger partial charge in [-0.3, -0.25) is 4.79 Å². The van der Waals surface area contributed by atoms with E-state index in [4.69, 9.17) is 37.9 Å². The summed E-state index contributed by atoms with van der Waals surface area (Å²) in [5.41, 5.74) is -1.47. The molecule has 0 saturated carbocycles. The third-order valence-corrected chi connectivity index (χ3v) is 12.4. The zero-order valence-electron chi connectivity index (χ0n) is 37.0. The Morgan fingerprint density at radius 3 is 2.17 bits per heavy atom. The Bertz CT molecular complexity index is 1370. The molecule has 4 rings (SSSR count). The van der Waals surface area contributed by atoms with Gasteiger partial charge in [-0.25, -0.2) is 0 Å². The van der Waals surface area contributed by atoms with E-state index in [9.17, 15) is 30.0 Å². The molecule has 3 fully saturated rings. The smallest absolute Gasteiger partial charge is 0.308 e. The van der Waals surface area contributed by atoms with Crippen LogP contribution in [0.2, 0.25) is 0 Å². The highest BCUT2D eigenvalue weighted by Gasteiger charge is 2.52. The number of carbonyl (C=O) groups excluding carboxylic acids is 2. The summed E-state index contributed by atoms with van der Waals surface area (Å²) in [6.07, 6.45) is -1.56. The van der Waals surface area contributed by atoms with Crippen LogP contribution in [0.3, 0.4) is 0 Å². The molecule has 4 aliphatic rings. The number of aliphatic hydroxyl groups excluding tert-OH is 3. The van der Waals surface area contributed by atoms with Crippen molar-refractivity contribution in [1.29, 1.82) is 0 Å². The highest BCUT2D eigenvalue weighted by molar-refractivity contribution is 5.70. The zero-order valence-corrected chi connectivity index (χ0v) is 37.0. The van der Waals surface area contributed by atoms with Crippen LogP contribution in [0, 0.1) is 11.8 Å². The van der Waals surface area contributed by atoms with Crippen LogP contribution >= 0.6 is 0 Å². The average molecular weight is 843 g/mol. The predicted octanol–water partition coefficient (Wildman–Crippen LogP) is 2.33. The van der Waals surface area contributed by atoms with Gasteiger partial charge in [0.1, 0.15) is 36.8 Å². The number of likely N-dealkylation sites (N-methyl/N-ethyl adjacent to an activating group) is 2. The van der Waals surface area contributed by atoms with E-state index in [1.165, 1.54) is 14.0 Å². The summed E-state index contributed by atoms with van der Waals surface area (Å²) < 4.78 is 50.0. The largest absolute Gasteiger partial charge is 0.462 e. The summed E-state index contributed by atoms with van der Waals surface area (Å²) in [4.78, 5) is 29.5. The molecule has 0 amide bonds. The maximum absolute atomic E-state index is 13.1. The molecule has 59 heavy (non-hydrogen) atoms. The summed E-state index contributed by atoms with van der Waals surface area (Å²) >= 11 is 0. The van der Waals surface area contributed by atoms with E-state index < -0.39 is 110 Å². The summed E-state index contributed by atoms with van der Waals surface area (Å²) in [6.45, 7) is 10.8. The third kappa shape index (κ3) is 13.3. The number of esters is 1. The van der Waals surface area contributed by atoms with Crippen LogP contribution in [0.4, 0.5) is 0 Å². The van der Waals surface area contributed by atoms with Crippen molar-refractivity contribution in [3.63, 3.8) is 0 Å². The normalized spacial score (nSPS) is 45.8. The fraction of sp³-hybridized carbons (Fsp3) is 0.860. The maximum atomic E-state index is 13.1. The number of aldehydes is 1. The topological polar surface area (TPSA) is 195 Å². The first-order chi connectivity index (χ1) is 27.8. The molecule has 0 aliphatic carbocycles. The molecule has 4 heterocycles. The first kappa shape index (κ1) is 49.8. The first-order valence-corrected chi connectivity index (χ1v) is 21.3. The van der Waals surface area contributed by atoms with E-state index in [2.05, 4.69) is 4.90 Å². The summed E-state index contributed by atoms with van der Waals surface area (Å²) in [5, 5.41) is 45.1. The lowest BCUT2D eigenvalue weighted by Crippen LogP contribution is -2.65. The lowest BCUT2D eigenvalue weighted by Gasteiger charge is -2.50. The molecule has 4 aliphatic heterocycles. The maximum Gasteiger partial charge on any atom is 0.308 e. The molecule has 16 heteroatoms. The molecule has 3 saturated heterocycles. The molecule has 0 spiro atoms. The average Bonchev–Trinajstić information content (AvgIpc) is 3.13. The standard InChI is InChI=1S/C43H74N2O14/c1-24-21-29(19-20-46)39(59-42-37(49)36(45(9)10)38(27(4)56-42)58-35-23-43(6,51)41(50)28(5)55-35)40(52-11)31(47)22-33(48)53-25(2)15-13-12-14-16-32(24)57-34-18-17-30(44(7)8)26(3)54-34/h12-14,16,20,24-32,34-42,47,49-51H,15,17-19,21-23H2,1-11H3/b13-12+,16-14-/t24-,25-,26-,27-,28+,29?,30+,31-,32?,34+,35+,36-,37-,38-,39+,40+,41+,42+,43-/m1/s1. The predicted molar refractivity (Wildman–Crippen MR) is 217 cm³/mol. The van der Waals surface area contributed by atoms with Crippen LogP contribution in [0.1, 0.15) is 86.5 Å². The van der Waals surface area contributed by atoms with Gasteiger partial charge in [-0.1, -0.05) is 31.2 Å². The number of hydrogen-bond acceptors (Lipinski definition) is 16. The molecule has 0 bridgehead atoms. The fourth-order valence-corrected chi connectivity index (χ4v) is 9.10. The Kier molecular flexibility index (Phi) is 18.9. The minimum absolute atomic E-state index is 0.00885. The van der Waals surface area contributed by atoms with Gasteiger partial charge in [0.05, 0.1) is 54.7 Å². The number of carbonyl (C=O) groups is 2. The minimum atomic E-state index is -1.47. The van der Waals surface area contributed by atoms with Crippen molar-refractivity contribution < 1.29 is 67.9 Å². The van der Waals surface area contributed by atoms with E-state index >= 15 is 0 Å². The lowest BCUT2D eigenvalue weighted by molar-refractivity contribution is -0.344. The Hall–Kier alpha value is -1.90. The molecule has 16 nitrogen and oxygen atoms in total. The van der Waals surface area contributed by atoms with Crippen molar-refractivity contribution in [3.05, 3.63) is 24.3 Å². The molecule has 4 N–H and O–H groups in total. The number of rotatable bonds is 11. The highest BCUT2D eigenvalue weighted by Crippen LogP contribution is 2.37. The van der Waals surface area contributed by atoms with E-state index in [1.807, 2.05) is 52.2 Å². The van der Waals surface area contributed by atoms with Gasteiger partial charge in [0.15, 0.2) is 18.9 Å². The van der Waals surface area contributed by atoms with E-state index in [0.29, 0.717) is 19.3 Å². The van der Waals surface area contributed by atoms with Crippen LogP contribution in [0.5, 0.6) is 0 Å². The van der Waals surface area contributed by atoms with E-state index in [1.54, 1.807) is 39.8 Å². The van der Waals surface area contributed by atoms with Gasteiger partial charge in [-0.05, 0) is 93.9 Å². The quantitative estimate of drug-likeness (QED) is 0.175. The molecular formula is C43H74N2O14. The molecule has 0 radical (unpaired) electrons. The number of cyclic esters (lactones) is 1. The minimum Gasteiger partial charge on any atom is -0.462 e. The Labute approximate surface area is 351 Å². The fourth-order valence-electron chi connectivity index (χ4n) is 9.10. The van der Waals surface area contributed by atoms with Crippen LogP contribution in [-0.2, 0) is 47.5 Å². The second kappa shape index (κ2) is 22.5. The van der Waals surface area contributed by atoms with Crippen LogP contribution < -0.4 is 0 Å². The number of allylic oxidation sites excluding steroid dienone is 2. The summed E-state index contributed by atoms with van der Waals surface area (Å²) in [5.74, 6) is -1.47. The van der Waals surface area contributed by atoms with E-state index in [-0.39, 0.29) is 30.9 Å². The van der Waals surface area contributed by atoms with Gasteiger partial charge in [-0.15, -0.1) is 0 Å². The van der Waals surface area contributed by atoms with Gasteiger partial charge in [-0.2, -0.15) is 0 Å². The highest BCUT2D eigenvalue weighted by atomic mass is 16.7. The second-order valence-electron chi connectivity index (χ2n) is 17.8. The van der Waals surface area contributed by atoms with Crippen molar-refractivity contribution in [2.75, 3.05) is 35.3 Å². The van der Waals surface area contributed by atoms with Crippen molar-refractivity contribution >= 4 is 12.3 Å². The number of hydrogen-bond donors (Lipinski definition) is 4. The van der Waals surface area contributed by atoms with Gasteiger partial charge in [0.25, 0.3) is 0 Å². The van der Waals surface area contributed by atoms with Crippen LogP contribution in [0.15, 0.2) is 24.3 Å². The number of methoxy groups -OCH3 is 1. The molecular weight excluding hydrogens is 768 g/mol. The van der Waals surface area contributed by atoms with Crippen LogP contribution in [-0.4, -0.2) is 181 Å². The van der Waals surface area contributed by atoms with Crippen molar-refractivity contribution in [1.82, 2.24) is 9.80 Å². The molecule has 0 aromatic heterocycles. The van der Waals surface area contributed by atoms with Gasteiger partial charge >= 0.3 is 5.97 Å². The number of nitrogens with zero attached hydrogens (tertiary/aromatic N) is 2. The third-order valence-electron chi connectivity index (χ3n) is 12.4. The van der Waals surface area contributed by atoms with Crippen molar-refractivity contribution in [2.45, 2.75) is 190 Å². The molecule has 340 valence electrons. The van der Waals surface area contributed by atoms with Crippen molar-refractivity contribution in [3.8, 4) is 0 Å².